The highest BCUT2D eigenvalue weighted by molar-refractivity contribution is 6.23. The van der Waals surface area contributed by atoms with Crippen LogP contribution in [0.25, 0.3) is 32.3 Å². The zero-order valence-corrected chi connectivity index (χ0v) is 17.2. The van der Waals surface area contributed by atoms with Crippen molar-refractivity contribution in [1.82, 2.24) is 10.2 Å². The van der Waals surface area contributed by atoms with Gasteiger partial charge in [-0.1, -0.05) is 73.9 Å². The summed E-state index contributed by atoms with van der Waals surface area (Å²) in [7, 11) is 0. The molecule has 0 amide bonds. The van der Waals surface area contributed by atoms with Crippen molar-refractivity contribution in [2.24, 2.45) is 5.92 Å². The molecule has 148 valence electrons. The third-order valence-corrected chi connectivity index (χ3v) is 7.52. The molecule has 1 N–H and O–H groups in total. The maximum atomic E-state index is 3.56. The average molecular weight is 383 g/mol. The first-order valence-electron chi connectivity index (χ1n) is 11.5. The molecule has 2 heteroatoms. The van der Waals surface area contributed by atoms with Gasteiger partial charge in [0.25, 0.3) is 0 Å². The van der Waals surface area contributed by atoms with E-state index >= 15 is 0 Å². The van der Waals surface area contributed by atoms with E-state index in [9.17, 15) is 0 Å². The maximum absolute atomic E-state index is 3.56. The van der Waals surface area contributed by atoms with Crippen molar-refractivity contribution in [3.63, 3.8) is 0 Å². The topological polar surface area (TPSA) is 15.3 Å². The summed E-state index contributed by atoms with van der Waals surface area (Å²) in [5.74, 6) is 0.792. The lowest BCUT2D eigenvalue weighted by Gasteiger charge is -2.41. The molecular weight excluding hydrogens is 352 g/mol. The van der Waals surface area contributed by atoms with Crippen LogP contribution in [-0.4, -0.2) is 31.1 Å². The van der Waals surface area contributed by atoms with Crippen molar-refractivity contribution in [2.45, 2.75) is 38.1 Å². The molecular formula is C27H30N2. The first-order valence-corrected chi connectivity index (χ1v) is 11.5. The van der Waals surface area contributed by atoms with Crippen molar-refractivity contribution in [3.8, 4) is 0 Å². The van der Waals surface area contributed by atoms with Crippen LogP contribution in [0.3, 0.4) is 0 Å². The molecule has 1 atom stereocenters. The highest BCUT2D eigenvalue weighted by Gasteiger charge is 2.32. The van der Waals surface area contributed by atoms with E-state index in [1.165, 1.54) is 77.5 Å². The van der Waals surface area contributed by atoms with Crippen LogP contribution in [0.4, 0.5) is 0 Å². The summed E-state index contributed by atoms with van der Waals surface area (Å²) in [4.78, 5) is 2.79. The molecule has 4 aromatic carbocycles. The van der Waals surface area contributed by atoms with Gasteiger partial charge in [0.05, 0.1) is 0 Å². The van der Waals surface area contributed by atoms with Gasteiger partial charge in [-0.05, 0) is 56.6 Å². The van der Waals surface area contributed by atoms with Gasteiger partial charge < -0.3 is 5.32 Å². The van der Waals surface area contributed by atoms with Gasteiger partial charge in [0.2, 0.25) is 0 Å². The first kappa shape index (κ1) is 17.7. The van der Waals surface area contributed by atoms with Crippen LogP contribution in [-0.2, 0) is 0 Å². The molecule has 0 unspecified atom stereocenters. The Hall–Kier alpha value is -2.16. The normalized spacial score (nSPS) is 20.7. The van der Waals surface area contributed by atoms with E-state index in [4.69, 9.17) is 0 Å². The first-order chi connectivity index (χ1) is 14.4. The van der Waals surface area contributed by atoms with Crippen LogP contribution < -0.4 is 5.32 Å². The molecule has 6 rings (SSSR count). The number of piperazine rings is 1. The van der Waals surface area contributed by atoms with Crippen LogP contribution in [0, 0.1) is 5.92 Å². The van der Waals surface area contributed by atoms with Crippen molar-refractivity contribution in [1.29, 1.82) is 0 Å². The maximum Gasteiger partial charge on any atom is 0.0383 e. The molecule has 1 saturated heterocycles. The van der Waals surface area contributed by atoms with Crippen LogP contribution in [0.2, 0.25) is 0 Å². The Bertz CT molecular complexity index is 1100. The number of benzene rings is 4. The molecule has 0 aromatic heterocycles. The van der Waals surface area contributed by atoms with Gasteiger partial charge in [-0.25, -0.2) is 0 Å². The number of nitrogens with one attached hydrogen (secondary N) is 1. The zero-order chi connectivity index (χ0) is 19.2. The Morgan fingerprint density at radius 1 is 0.724 bits per heavy atom. The molecule has 1 saturated carbocycles. The lowest BCUT2D eigenvalue weighted by molar-refractivity contribution is 0.104. The van der Waals surface area contributed by atoms with Crippen molar-refractivity contribution >= 4 is 32.3 Å². The Morgan fingerprint density at radius 2 is 1.38 bits per heavy atom. The van der Waals surface area contributed by atoms with E-state index in [1.807, 2.05) is 0 Å². The van der Waals surface area contributed by atoms with Gasteiger partial charge in [-0.3, -0.25) is 4.90 Å². The number of hydrogen-bond donors (Lipinski definition) is 1. The molecule has 2 nitrogen and oxygen atoms in total. The Morgan fingerprint density at radius 3 is 2.14 bits per heavy atom. The van der Waals surface area contributed by atoms with Gasteiger partial charge in [0.1, 0.15) is 0 Å². The minimum atomic E-state index is 0.557. The van der Waals surface area contributed by atoms with E-state index < -0.39 is 0 Å². The molecule has 0 radical (unpaired) electrons. The average Bonchev–Trinajstić information content (AvgIpc) is 2.80. The molecule has 29 heavy (non-hydrogen) atoms. The third kappa shape index (κ3) is 2.93. The molecule has 2 fully saturated rings. The molecule has 1 aliphatic carbocycles. The van der Waals surface area contributed by atoms with Crippen molar-refractivity contribution in [2.75, 3.05) is 26.2 Å². The van der Waals surface area contributed by atoms with E-state index in [2.05, 4.69) is 64.8 Å². The molecule has 2 aliphatic rings. The number of nitrogens with zero attached hydrogens (tertiary/aromatic N) is 1. The standard InChI is InChI=1S/C27H30N2/c1-2-5-22(6-3-1)27(29-17-15-28-16-18-29)24-14-12-21-10-9-19-7-4-8-20-11-13-23(24)26(21)25(19)20/h4,7-14,22,27-28H,1-3,5-6,15-18H2/t27-/m1/s1. The summed E-state index contributed by atoms with van der Waals surface area (Å²) < 4.78 is 0. The largest absolute Gasteiger partial charge is 0.314 e. The van der Waals surface area contributed by atoms with Gasteiger partial charge >= 0.3 is 0 Å². The van der Waals surface area contributed by atoms with Crippen LogP contribution in [0.15, 0.2) is 54.6 Å². The summed E-state index contributed by atoms with van der Waals surface area (Å²) in [6.45, 7) is 4.58. The van der Waals surface area contributed by atoms with Gasteiger partial charge in [0.15, 0.2) is 0 Å². The summed E-state index contributed by atoms with van der Waals surface area (Å²) in [6.07, 6.45) is 6.99. The molecule has 0 spiro atoms. The minimum Gasteiger partial charge on any atom is -0.314 e. The predicted molar refractivity (Wildman–Crippen MR) is 124 cm³/mol. The summed E-state index contributed by atoms with van der Waals surface area (Å²) in [5.41, 5.74) is 1.57. The lowest BCUT2D eigenvalue weighted by Crippen LogP contribution is -2.47. The van der Waals surface area contributed by atoms with E-state index in [0.717, 1.165) is 19.0 Å². The number of rotatable bonds is 3. The second-order valence-electron chi connectivity index (χ2n) is 9.14. The molecule has 1 heterocycles. The van der Waals surface area contributed by atoms with Gasteiger partial charge in [-0.15, -0.1) is 0 Å². The lowest BCUT2D eigenvalue weighted by atomic mass is 9.78. The summed E-state index contributed by atoms with van der Waals surface area (Å²) in [6, 6.07) is 21.5. The molecule has 4 aromatic rings. The second-order valence-corrected chi connectivity index (χ2v) is 9.14. The Kier molecular flexibility index (Phi) is 4.43. The van der Waals surface area contributed by atoms with Crippen molar-refractivity contribution < 1.29 is 0 Å². The highest BCUT2D eigenvalue weighted by Crippen LogP contribution is 2.44. The van der Waals surface area contributed by atoms with Crippen molar-refractivity contribution in [3.05, 3.63) is 60.2 Å². The molecule has 0 bridgehead atoms. The fourth-order valence-electron chi connectivity index (χ4n) is 6.17. The van der Waals surface area contributed by atoms with E-state index in [1.54, 1.807) is 5.56 Å². The minimum absolute atomic E-state index is 0.557. The Balaban J connectivity index is 1.58. The summed E-state index contributed by atoms with van der Waals surface area (Å²) in [5, 5.41) is 12.1. The highest BCUT2D eigenvalue weighted by atomic mass is 15.2. The monoisotopic (exact) mass is 382 g/mol. The third-order valence-electron chi connectivity index (χ3n) is 7.52. The second kappa shape index (κ2) is 7.27. The summed E-state index contributed by atoms with van der Waals surface area (Å²) >= 11 is 0. The Labute approximate surface area is 173 Å². The quantitative estimate of drug-likeness (QED) is 0.430. The van der Waals surface area contributed by atoms with Crippen LogP contribution >= 0.6 is 0 Å². The van der Waals surface area contributed by atoms with Gasteiger partial charge in [-0.2, -0.15) is 0 Å². The van der Waals surface area contributed by atoms with E-state index in [-0.39, 0.29) is 0 Å². The van der Waals surface area contributed by atoms with Crippen LogP contribution in [0.1, 0.15) is 43.7 Å². The molecule has 1 aliphatic heterocycles. The number of hydrogen-bond acceptors (Lipinski definition) is 2. The van der Waals surface area contributed by atoms with Crippen LogP contribution in [0.5, 0.6) is 0 Å². The smallest absolute Gasteiger partial charge is 0.0383 e. The zero-order valence-electron chi connectivity index (χ0n) is 17.2. The fourth-order valence-corrected chi connectivity index (χ4v) is 6.17. The van der Waals surface area contributed by atoms with Gasteiger partial charge in [0, 0.05) is 32.2 Å². The van der Waals surface area contributed by atoms with E-state index in [0.29, 0.717) is 6.04 Å². The predicted octanol–water partition coefficient (Wildman–Crippen LogP) is 6.11. The fraction of sp³-hybridized carbons (Fsp3) is 0.407. The SMILES string of the molecule is c1cc2ccc3ccc([C@@H](C4CCCCC4)N4CCNCC4)c4ccc(c1)c2c34.